The van der Waals surface area contributed by atoms with Gasteiger partial charge < -0.3 is 25.3 Å². The van der Waals surface area contributed by atoms with Crippen LogP contribution in [0.3, 0.4) is 0 Å². The van der Waals surface area contributed by atoms with Crippen LogP contribution >= 0.6 is 0 Å². The first-order valence-electron chi connectivity index (χ1n) is 12.3. The van der Waals surface area contributed by atoms with Crippen LogP contribution in [-0.2, 0) is 4.74 Å². The van der Waals surface area contributed by atoms with Gasteiger partial charge in [-0.1, -0.05) is 30.3 Å². The fraction of sp³-hybridized carbons (Fsp3) is 0.323. The van der Waals surface area contributed by atoms with E-state index < -0.39 is 0 Å². The standard InChI is InChI=1S/C31H40N4O/c1-21-9-10-26(19-30(36-8)22(21)2)29(20-32)33-31(25-13-17-28(18-14-25)35(6)7)23(3)24-11-15-27(16-12-24)34(4)5/h9,11-20,29,32-33H,10H2,1-8H3/b31-23+,32-20?. The lowest BCUT2D eigenvalue weighted by atomic mass is 9.97. The minimum Gasteiger partial charge on any atom is -0.496 e. The highest BCUT2D eigenvalue weighted by molar-refractivity contribution is 5.91. The third-order valence-electron chi connectivity index (χ3n) is 6.87. The highest BCUT2D eigenvalue weighted by Crippen LogP contribution is 2.30. The first-order valence-corrected chi connectivity index (χ1v) is 12.3. The summed E-state index contributed by atoms with van der Waals surface area (Å²) in [6.07, 6.45) is 6.54. The molecule has 0 saturated carbocycles. The van der Waals surface area contributed by atoms with Gasteiger partial charge in [-0.3, -0.25) is 0 Å². The van der Waals surface area contributed by atoms with E-state index in [-0.39, 0.29) is 6.04 Å². The average molecular weight is 485 g/mol. The van der Waals surface area contributed by atoms with Crippen LogP contribution in [0, 0.1) is 5.41 Å². The molecular formula is C31H40N4O. The lowest BCUT2D eigenvalue weighted by Crippen LogP contribution is -2.31. The molecule has 190 valence electrons. The lowest BCUT2D eigenvalue weighted by molar-refractivity contribution is 0.302. The fourth-order valence-electron chi connectivity index (χ4n) is 4.27. The summed E-state index contributed by atoms with van der Waals surface area (Å²) < 4.78 is 5.69. The van der Waals surface area contributed by atoms with Gasteiger partial charge in [0.2, 0.25) is 0 Å². The highest BCUT2D eigenvalue weighted by Gasteiger charge is 2.19. The van der Waals surface area contributed by atoms with Gasteiger partial charge in [0.1, 0.15) is 5.76 Å². The fourth-order valence-corrected chi connectivity index (χ4v) is 4.27. The molecule has 0 aromatic heterocycles. The quantitative estimate of drug-likeness (QED) is 0.315. The Kier molecular flexibility index (Phi) is 8.81. The Morgan fingerprint density at radius 2 is 1.44 bits per heavy atom. The van der Waals surface area contributed by atoms with E-state index in [1.54, 1.807) is 7.11 Å². The molecule has 0 heterocycles. The molecular weight excluding hydrogens is 444 g/mol. The molecule has 1 unspecified atom stereocenters. The summed E-state index contributed by atoms with van der Waals surface area (Å²) in [7, 11) is 9.89. The molecule has 1 aliphatic rings. The van der Waals surface area contributed by atoms with Crippen molar-refractivity contribution >= 4 is 28.9 Å². The third kappa shape index (κ3) is 6.09. The average Bonchev–Trinajstić information content (AvgIpc) is 3.02. The van der Waals surface area contributed by atoms with Crippen molar-refractivity contribution in [2.24, 2.45) is 0 Å². The number of allylic oxidation sites excluding steroid dienone is 5. The van der Waals surface area contributed by atoms with Gasteiger partial charge >= 0.3 is 0 Å². The topological polar surface area (TPSA) is 51.6 Å². The van der Waals surface area contributed by atoms with Crippen molar-refractivity contribution in [3.05, 3.63) is 94.3 Å². The minimum absolute atomic E-state index is 0.273. The van der Waals surface area contributed by atoms with Crippen molar-refractivity contribution in [2.75, 3.05) is 45.1 Å². The van der Waals surface area contributed by atoms with E-state index in [0.717, 1.165) is 57.1 Å². The summed E-state index contributed by atoms with van der Waals surface area (Å²) in [5, 5.41) is 12.0. The second-order valence-electron chi connectivity index (χ2n) is 9.68. The van der Waals surface area contributed by atoms with Gasteiger partial charge in [0.15, 0.2) is 0 Å². The molecule has 2 aromatic rings. The summed E-state index contributed by atoms with van der Waals surface area (Å²) in [6.45, 7) is 6.33. The maximum atomic E-state index is 8.32. The number of ether oxygens (including phenoxy) is 1. The summed E-state index contributed by atoms with van der Waals surface area (Å²) in [5.74, 6) is 0.849. The van der Waals surface area contributed by atoms with E-state index in [0.29, 0.717) is 0 Å². The molecule has 0 bridgehead atoms. The molecule has 0 spiro atoms. The van der Waals surface area contributed by atoms with Gasteiger partial charge in [0.05, 0.1) is 13.2 Å². The van der Waals surface area contributed by atoms with Crippen molar-refractivity contribution in [1.82, 2.24) is 5.32 Å². The Hall–Kier alpha value is -3.73. The van der Waals surface area contributed by atoms with Gasteiger partial charge in [0.25, 0.3) is 0 Å². The summed E-state index contributed by atoms with van der Waals surface area (Å²) in [6, 6.07) is 16.9. The minimum atomic E-state index is -0.273. The number of methoxy groups -OCH3 is 1. The van der Waals surface area contributed by atoms with Crippen molar-refractivity contribution < 1.29 is 4.74 Å². The number of nitrogens with zero attached hydrogens (tertiary/aromatic N) is 2. The van der Waals surface area contributed by atoms with E-state index >= 15 is 0 Å². The molecule has 5 nitrogen and oxygen atoms in total. The van der Waals surface area contributed by atoms with Crippen LogP contribution in [-0.4, -0.2) is 47.6 Å². The summed E-state index contributed by atoms with van der Waals surface area (Å²) >= 11 is 0. The Bertz CT molecular complexity index is 1200. The van der Waals surface area contributed by atoms with Crippen LogP contribution in [0.5, 0.6) is 0 Å². The monoisotopic (exact) mass is 484 g/mol. The lowest BCUT2D eigenvalue weighted by Gasteiger charge is -2.24. The van der Waals surface area contributed by atoms with Crippen molar-refractivity contribution in [3.63, 3.8) is 0 Å². The molecule has 1 atom stereocenters. The van der Waals surface area contributed by atoms with Crippen molar-refractivity contribution in [3.8, 4) is 0 Å². The number of nitrogens with one attached hydrogen (secondary N) is 2. The van der Waals surface area contributed by atoms with Gasteiger partial charge in [-0.15, -0.1) is 0 Å². The highest BCUT2D eigenvalue weighted by atomic mass is 16.5. The Labute approximate surface area is 217 Å². The van der Waals surface area contributed by atoms with Crippen LogP contribution in [0.1, 0.15) is 38.3 Å². The molecule has 36 heavy (non-hydrogen) atoms. The first kappa shape index (κ1) is 26.9. The van der Waals surface area contributed by atoms with Gasteiger partial charge in [-0.05, 0) is 91.0 Å². The van der Waals surface area contributed by atoms with Crippen LogP contribution in [0.15, 0.2) is 83.2 Å². The van der Waals surface area contributed by atoms with Crippen LogP contribution in [0.4, 0.5) is 11.4 Å². The maximum absolute atomic E-state index is 8.32. The van der Waals surface area contributed by atoms with Gasteiger partial charge in [-0.25, -0.2) is 0 Å². The molecule has 0 amide bonds. The molecule has 2 N–H and O–H groups in total. The SMILES string of the molecule is COC1=C(C)C(C)=CCC(C(C=N)N/C(=C(\C)c2ccc(N(C)C)cc2)c2ccc(N(C)C)cc2)=C1. The number of rotatable bonds is 9. The smallest absolute Gasteiger partial charge is 0.122 e. The van der Waals surface area contributed by atoms with Gasteiger partial charge in [0, 0.05) is 51.5 Å². The Balaban J connectivity index is 2.09. The zero-order valence-corrected chi connectivity index (χ0v) is 22.9. The Morgan fingerprint density at radius 3 is 1.92 bits per heavy atom. The second-order valence-corrected chi connectivity index (χ2v) is 9.68. The maximum Gasteiger partial charge on any atom is 0.122 e. The van der Waals surface area contributed by atoms with Crippen LogP contribution in [0.2, 0.25) is 0 Å². The van der Waals surface area contributed by atoms with E-state index in [4.69, 9.17) is 10.1 Å². The zero-order valence-electron chi connectivity index (χ0n) is 22.9. The van der Waals surface area contributed by atoms with Crippen molar-refractivity contribution in [1.29, 1.82) is 5.41 Å². The Morgan fingerprint density at radius 1 is 0.917 bits per heavy atom. The normalized spacial score (nSPS) is 15.2. The largest absolute Gasteiger partial charge is 0.496 e. The number of benzene rings is 2. The van der Waals surface area contributed by atoms with E-state index in [9.17, 15) is 0 Å². The third-order valence-corrected chi connectivity index (χ3v) is 6.87. The van der Waals surface area contributed by atoms with Crippen molar-refractivity contribution in [2.45, 2.75) is 33.2 Å². The predicted octanol–water partition coefficient (Wildman–Crippen LogP) is 6.51. The van der Waals surface area contributed by atoms with Crippen LogP contribution < -0.4 is 15.1 Å². The molecule has 1 aliphatic carbocycles. The molecule has 3 rings (SSSR count). The summed E-state index contributed by atoms with van der Waals surface area (Å²) in [4.78, 5) is 4.20. The second kappa shape index (κ2) is 11.8. The van der Waals surface area contributed by atoms with E-state index in [1.807, 2.05) is 28.2 Å². The zero-order chi connectivity index (χ0) is 26.4. The molecule has 0 saturated heterocycles. The van der Waals surface area contributed by atoms with E-state index in [2.05, 4.69) is 96.6 Å². The van der Waals surface area contributed by atoms with Gasteiger partial charge in [-0.2, -0.15) is 0 Å². The molecule has 0 aliphatic heterocycles. The molecule has 5 heteroatoms. The summed E-state index contributed by atoms with van der Waals surface area (Å²) in [5.41, 5.74) is 10.1. The van der Waals surface area contributed by atoms with Crippen LogP contribution in [0.25, 0.3) is 11.3 Å². The predicted molar refractivity (Wildman–Crippen MR) is 156 cm³/mol. The molecule has 0 fully saturated rings. The van der Waals surface area contributed by atoms with E-state index in [1.165, 1.54) is 11.8 Å². The molecule has 0 radical (unpaired) electrons. The number of hydrogen-bond donors (Lipinski definition) is 2. The first-order chi connectivity index (χ1) is 17.2. The molecule has 2 aromatic carbocycles. The number of anilines is 2. The number of hydrogen-bond acceptors (Lipinski definition) is 5.